The van der Waals surface area contributed by atoms with E-state index in [0.717, 1.165) is 24.8 Å². The minimum absolute atomic E-state index is 0.0174. The van der Waals surface area contributed by atoms with Gasteiger partial charge in [-0.3, -0.25) is 4.79 Å². The maximum atomic E-state index is 13.5. The lowest BCUT2D eigenvalue weighted by Gasteiger charge is -2.42. The van der Waals surface area contributed by atoms with Crippen LogP contribution in [-0.2, 0) is 6.42 Å². The smallest absolute Gasteiger partial charge is 0.254 e. The van der Waals surface area contributed by atoms with Gasteiger partial charge in [-0.25, -0.2) is 4.39 Å². The van der Waals surface area contributed by atoms with Crippen molar-refractivity contribution in [1.82, 2.24) is 14.8 Å². The predicted molar refractivity (Wildman–Crippen MR) is 117 cm³/mol. The summed E-state index contributed by atoms with van der Waals surface area (Å²) in [6.07, 6.45) is 7.35. The highest BCUT2D eigenvalue weighted by molar-refractivity contribution is 5.94. The highest BCUT2D eigenvalue weighted by atomic mass is 19.1. The van der Waals surface area contributed by atoms with E-state index in [1.54, 1.807) is 12.1 Å². The Bertz CT molecular complexity index is 1030. The van der Waals surface area contributed by atoms with Crippen LogP contribution in [0.2, 0.25) is 0 Å². The van der Waals surface area contributed by atoms with Crippen molar-refractivity contribution < 1.29 is 9.18 Å². The highest BCUT2D eigenvalue weighted by Crippen LogP contribution is 2.37. The maximum Gasteiger partial charge on any atom is 0.254 e. The molecule has 2 aliphatic heterocycles. The van der Waals surface area contributed by atoms with Crippen LogP contribution < -0.4 is 0 Å². The van der Waals surface area contributed by atoms with Gasteiger partial charge in [0.1, 0.15) is 5.82 Å². The second-order valence-corrected chi connectivity index (χ2v) is 8.79. The Balaban J connectivity index is 1.40. The van der Waals surface area contributed by atoms with Gasteiger partial charge in [0.2, 0.25) is 0 Å². The Kier molecular flexibility index (Phi) is 5.07. The topological polar surface area (TPSA) is 39.3 Å². The number of nitrogens with zero attached hydrogens (tertiary/aromatic N) is 2. The first-order valence-corrected chi connectivity index (χ1v) is 10.9. The molecular weight excluding hydrogens is 377 g/mol. The zero-order valence-electron chi connectivity index (χ0n) is 17.4. The van der Waals surface area contributed by atoms with Crippen LogP contribution in [0.15, 0.2) is 54.7 Å². The number of fused-ring (bicyclic) bond motifs is 3. The number of piperidine rings is 1. The molecule has 3 aromatic rings. The lowest BCUT2D eigenvalue weighted by molar-refractivity contribution is 0.0488. The number of aromatic amines is 1. The second-order valence-electron chi connectivity index (χ2n) is 8.79. The number of carbonyl (C=O) groups is 1. The number of para-hydroxylation sites is 1. The van der Waals surface area contributed by atoms with Crippen LogP contribution in [0.5, 0.6) is 0 Å². The standard InChI is InChI=1S/C25H28FN3O/c1-28-20-10-11-21(28)15-22(14-20)29(25(30)17-6-8-19(26)9-7-17)13-12-18-16-27-24-5-3-2-4-23(18)24/h2-9,16,20-22,27H,10-15H2,1H3/t20-,21-/m1/s1. The fourth-order valence-corrected chi connectivity index (χ4v) is 5.42. The Hall–Kier alpha value is -2.66. The van der Waals surface area contributed by atoms with Crippen LogP contribution in [0.1, 0.15) is 41.6 Å². The molecule has 1 N–H and O–H groups in total. The molecule has 0 saturated carbocycles. The van der Waals surface area contributed by atoms with E-state index < -0.39 is 0 Å². The fraction of sp³-hybridized carbons (Fsp3) is 0.400. The Morgan fingerprint density at radius 3 is 2.53 bits per heavy atom. The van der Waals surface area contributed by atoms with E-state index in [1.807, 2.05) is 6.07 Å². The summed E-state index contributed by atoms with van der Waals surface area (Å²) >= 11 is 0. The van der Waals surface area contributed by atoms with Crippen molar-refractivity contribution in [2.45, 2.75) is 50.2 Å². The molecule has 1 amide bonds. The zero-order chi connectivity index (χ0) is 20.7. The van der Waals surface area contributed by atoms with Gasteiger partial charge in [0, 0.05) is 47.3 Å². The number of halogens is 1. The SMILES string of the molecule is CN1[C@@H]2CC[C@@H]1CC(N(CCc1c[nH]c3ccccc13)C(=O)c1ccc(F)cc1)C2. The molecule has 2 aliphatic rings. The molecule has 2 saturated heterocycles. The molecule has 2 atom stereocenters. The summed E-state index contributed by atoms with van der Waals surface area (Å²) in [5.41, 5.74) is 2.93. The summed E-state index contributed by atoms with van der Waals surface area (Å²) in [6.45, 7) is 0.672. The minimum Gasteiger partial charge on any atom is -0.361 e. The van der Waals surface area contributed by atoms with E-state index in [9.17, 15) is 9.18 Å². The number of rotatable bonds is 5. The molecule has 2 aromatic carbocycles. The van der Waals surface area contributed by atoms with Crippen LogP contribution in [0.3, 0.4) is 0 Å². The molecule has 5 heteroatoms. The first-order valence-electron chi connectivity index (χ1n) is 10.9. The number of H-pyrrole nitrogens is 1. The molecule has 2 fully saturated rings. The van der Waals surface area contributed by atoms with Crippen molar-refractivity contribution in [3.8, 4) is 0 Å². The first kappa shape index (κ1) is 19.3. The van der Waals surface area contributed by atoms with Gasteiger partial charge in [0.05, 0.1) is 0 Å². The normalized spacial score (nSPS) is 23.7. The lowest BCUT2D eigenvalue weighted by atomic mass is 9.95. The van der Waals surface area contributed by atoms with Crippen molar-refractivity contribution in [2.75, 3.05) is 13.6 Å². The molecule has 1 aromatic heterocycles. The van der Waals surface area contributed by atoms with Gasteiger partial charge in [0.15, 0.2) is 0 Å². The quantitative estimate of drug-likeness (QED) is 0.673. The van der Waals surface area contributed by atoms with Crippen LogP contribution in [0.25, 0.3) is 10.9 Å². The highest BCUT2D eigenvalue weighted by Gasteiger charge is 2.41. The van der Waals surface area contributed by atoms with Gasteiger partial charge in [-0.2, -0.15) is 0 Å². The predicted octanol–water partition coefficient (Wildman–Crippen LogP) is 4.62. The van der Waals surface area contributed by atoms with E-state index in [2.05, 4.69) is 46.2 Å². The van der Waals surface area contributed by atoms with E-state index in [-0.39, 0.29) is 17.8 Å². The van der Waals surface area contributed by atoms with Crippen molar-refractivity contribution in [3.63, 3.8) is 0 Å². The molecule has 2 bridgehead atoms. The van der Waals surface area contributed by atoms with Gasteiger partial charge in [0.25, 0.3) is 5.91 Å². The third-order valence-corrected chi connectivity index (χ3v) is 7.16. The number of nitrogens with one attached hydrogen (secondary N) is 1. The van der Waals surface area contributed by atoms with E-state index >= 15 is 0 Å². The average Bonchev–Trinajstić information content (AvgIpc) is 3.24. The third-order valence-electron chi connectivity index (χ3n) is 7.16. The van der Waals surface area contributed by atoms with Crippen molar-refractivity contribution in [3.05, 3.63) is 71.7 Å². The fourth-order valence-electron chi connectivity index (χ4n) is 5.42. The third kappa shape index (κ3) is 3.52. The molecule has 4 nitrogen and oxygen atoms in total. The van der Waals surface area contributed by atoms with Crippen molar-refractivity contribution in [1.29, 1.82) is 0 Å². The van der Waals surface area contributed by atoms with Gasteiger partial charge in [-0.15, -0.1) is 0 Å². The molecule has 30 heavy (non-hydrogen) atoms. The molecule has 0 spiro atoms. The number of hydrogen-bond acceptors (Lipinski definition) is 2. The summed E-state index contributed by atoms with van der Waals surface area (Å²) < 4.78 is 13.4. The Morgan fingerprint density at radius 2 is 1.80 bits per heavy atom. The van der Waals surface area contributed by atoms with Gasteiger partial charge >= 0.3 is 0 Å². The zero-order valence-corrected chi connectivity index (χ0v) is 17.4. The minimum atomic E-state index is -0.311. The van der Waals surface area contributed by atoms with Crippen LogP contribution in [0.4, 0.5) is 4.39 Å². The van der Waals surface area contributed by atoms with E-state index in [0.29, 0.717) is 24.2 Å². The van der Waals surface area contributed by atoms with E-state index in [4.69, 9.17) is 0 Å². The average molecular weight is 406 g/mol. The van der Waals surface area contributed by atoms with Crippen LogP contribution >= 0.6 is 0 Å². The second kappa shape index (κ2) is 7.88. The molecule has 156 valence electrons. The van der Waals surface area contributed by atoms with Crippen molar-refractivity contribution >= 4 is 16.8 Å². The number of hydrogen-bond donors (Lipinski definition) is 1. The summed E-state index contributed by atoms with van der Waals surface area (Å²) in [5.74, 6) is -0.293. The summed E-state index contributed by atoms with van der Waals surface area (Å²) in [4.78, 5) is 21.4. The summed E-state index contributed by atoms with van der Waals surface area (Å²) in [6, 6.07) is 15.6. The van der Waals surface area contributed by atoms with Gasteiger partial charge < -0.3 is 14.8 Å². The van der Waals surface area contributed by atoms with Crippen molar-refractivity contribution in [2.24, 2.45) is 0 Å². The molecule has 0 radical (unpaired) electrons. The molecule has 5 rings (SSSR count). The summed E-state index contributed by atoms with van der Waals surface area (Å²) in [7, 11) is 2.22. The van der Waals surface area contributed by atoms with Gasteiger partial charge in [-0.05, 0) is 75.0 Å². The first-order chi connectivity index (χ1) is 14.6. The maximum absolute atomic E-state index is 13.5. The number of carbonyl (C=O) groups excluding carboxylic acids is 1. The van der Waals surface area contributed by atoms with Gasteiger partial charge in [-0.1, -0.05) is 18.2 Å². The molecule has 0 aliphatic carbocycles. The van der Waals surface area contributed by atoms with Crippen LogP contribution in [0, 0.1) is 5.82 Å². The molecule has 3 heterocycles. The molecular formula is C25H28FN3O. The van der Waals surface area contributed by atoms with Crippen LogP contribution in [-0.4, -0.2) is 52.4 Å². The molecule has 0 unspecified atom stereocenters. The Labute approximate surface area is 176 Å². The number of benzene rings is 2. The monoisotopic (exact) mass is 405 g/mol. The number of amides is 1. The Morgan fingerprint density at radius 1 is 1.10 bits per heavy atom. The summed E-state index contributed by atoms with van der Waals surface area (Å²) in [5, 5.41) is 1.22. The number of aromatic nitrogens is 1. The van der Waals surface area contributed by atoms with E-state index in [1.165, 1.54) is 35.9 Å². The largest absolute Gasteiger partial charge is 0.361 e. The lowest BCUT2D eigenvalue weighted by Crippen LogP contribution is -2.51.